The first-order chi connectivity index (χ1) is 9.58. The number of benzene rings is 1. The van der Waals surface area contributed by atoms with Crippen LogP contribution >= 0.6 is 11.8 Å². The molecule has 0 saturated heterocycles. The van der Waals surface area contributed by atoms with E-state index in [1.165, 1.54) is 17.8 Å². The van der Waals surface area contributed by atoms with Crippen molar-refractivity contribution in [3.8, 4) is 0 Å². The second kappa shape index (κ2) is 5.06. The Kier molecular flexibility index (Phi) is 3.39. The molecule has 1 aromatic heterocycles. The number of nitrogens with one attached hydrogen (secondary N) is 1. The molecule has 3 N–H and O–H groups in total. The van der Waals surface area contributed by atoms with Crippen LogP contribution in [0.5, 0.6) is 0 Å². The van der Waals surface area contributed by atoms with Gasteiger partial charge in [0.2, 0.25) is 0 Å². The summed E-state index contributed by atoms with van der Waals surface area (Å²) in [4.78, 5) is 12.4. The van der Waals surface area contributed by atoms with E-state index < -0.39 is 6.04 Å². The molecule has 0 spiro atoms. The maximum Gasteiger partial charge on any atom is 0.344 e. The average molecular weight is 294 g/mol. The molecule has 0 amide bonds. The van der Waals surface area contributed by atoms with Crippen molar-refractivity contribution in [2.75, 3.05) is 0 Å². The van der Waals surface area contributed by atoms with Crippen molar-refractivity contribution in [3.63, 3.8) is 0 Å². The Morgan fingerprint density at radius 1 is 1.55 bits per heavy atom. The van der Waals surface area contributed by atoms with E-state index in [4.69, 9.17) is 5.73 Å². The van der Waals surface area contributed by atoms with Crippen LogP contribution in [0.3, 0.4) is 0 Å². The normalized spacial score (nSPS) is 16.4. The van der Waals surface area contributed by atoms with Crippen LogP contribution in [-0.4, -0.2) is 14.8 Å². The van der Waals surface area contributed by atoms with Crippen molar-refractivity contribution >= 4 is 11.8 Å². The lowest BCUT2D eigenvalue weighted by atomic mass is 10.1. The fraction of sp³-hybridized carbons (Fsp3) is 0.385. The van der Waals surface area contributed by atoms with Crippen LogP contribution in [0.2, 0.25) is 0 Å². The molecule has 7 heteroatoms. The van der Waals surface area contributed by atoms with E-state index in [0.29, 0.717) is 15.6 Å². The van der Waals surface area contributed by atoms with E-state index in [-0.39, 0.29) is 17.5 Å². The van der Waals surface area contributed by atoms with Crippen molar-refractivity contribution in [1.29, 1.82) is 0 Å². The first-order valence-corrected chi connectivity index (χ1v) is 7.28. The van der Waals surface area contributed by atoms with Gasteiger partial charge in [-0.15, -0.1) is 5.10 Å². The van der Waals surface area contributed by atoms with Crippen LogP contribution in [0.1, 0.15) is 37.4 Å². The zero-order valence-electron chi connectivity index (χ0n) is 11.0. The van der Waals surface area contributed by atoms with Crippen molar-refractivity contribution in [2.24, 2.45) is 5.73 Å². The molecule has 0 radical (unpaired) electrons. The second-order valence-electron chi connectivity index (χ2n) is 4.95. The highest BCUT2D eigenvalue weighted by Gasteiger charge is 2.29. The van der Waals surface area contributed by atoms with Gasteiger partial charge in [-0.05, 0) is 43.7 Å². The number of hydrogen-bond acceptors (Lipinski definition) is 4. The molecule has 1 aromatic carbocycles. The molecular weight excluding hydrogens is 279 g/mol. The zero-order chi connectivity index (χ0) is 14.3. The van der Waals surface area contributed by atoms with Crippen molar-refractivity contribution in [2.45, 2.75) is 41.9 Å². The summed E-state index contributed by atoms with van der Waals surface area (Å²) in [5, 5.41) is 7.04. The number of aromatic nitrogens is 3. The van der Waals surface area contributed by atoms with Gasteiger partial charge in [0.25, 0.3) is 0 Å². The van der Waals surface area contributed by atoms with Gasteiger partial charge in [-0.25, -0.2) is 14.3 Å². The minimum atomic E-state index is -0.418. The van der Waals surface area contributed by atoms with E-state index in [1.54, 1.807) is 23.6 Å². The minimum Gasteiger partial charge on any atom is -0.324 e. The van der Waals surface area contributed by atoms with Gasteiger partial charge in [-0.3, -0.25) is 4.57 Å². The average Bonchev–Trinajstić information content (AvgIpc) is 3.15. The van der Waals surface area contributed by atoms with E-state index >= 15 is 0 Å². The molecule has 1 atom stereocenters. The first kappa shape index (κ1) is 13.4. The molecule has 1 fully saturated rings. The smallest absolute Gasteiger partial charge is 0.324 e. The van der Waals surface area contributed by atoms with Crippen LogP contribution in [0.25, 0.3) is 0 Å². The maximum absolute atomic E-state index is 13.9. The molecular formula is C13H15FN4OS. The van der Waals surface area contributed by atoms with Gasteiger partial charge in [0, 0.05) is 22.5 Å². The number of nitrogens with two attached hydrogens (primary N) is 1. The van der Waals surface area contributed by atoms with Crippen LogP contribution in [0, 0.1) is 5.82 Å². The largest absolute Gasteiger partial charge is 0.344 e. The van der Waals surface area contributed by atoms with Crippen LogP contribution in [-0.2, 0) is 0 Å². The summed E-state index contributed by atoms with van der Waals surface area (Å²) in [7, 11) is 0. The lowest BCUT2D eigenvalue weighted by Gasteiger charge is -2.13. The molecule has 0 aliphatic heterocycles. The fourth-order valence-corrected chi connectivity index (χ4v) is 3.32. The summed E-state index contributed by atoms with van der Waals surface area (Å²) in [5.41, 5.74) is 6.07. The molecule has 0 bridgehead atoms. The Bertz CT molecular complexity index is 690. The van der Waals surface area contributed by atoms with Gasteiger partial charge in [-0.2, -0.15) is 0 Å². The van der Waals surface area contributed by atoms with Crippen LogP contribution in [0.15, 0.2) is 33.0 Å². The standard InChI is InChI=1S/C13H15FN4OS/c1-7(15)11-9(14)3-2-4-10(11)20-13-17-16-12(19)18(13)8-5-6-8/h2-4,7-8H,5-6,15H2,1H3,(H,16,19). The van der Waals surface area contributed by atoms with Gasteiger partial charge in [0.1, 0.15) is 5.82 Å². The van der Waals surface area contributed by atoms with E-state index in [2.05, 4.69) is 10.2 Å². The third-order valence-corrected chi connectivity index (χ3v) is 4.30. The number of aromatic amines is 1. The SMILES string of the molecule is CC(N)c1c(F)cccc1Sc1n[nH]c(=O)n1C1CC1. The number of halogens is 1. The quantitative estimate of drug-likeness (QED) is 0.906. The predicted octanol–water partition coefficient (Wildman–Crippen LogP) is 2.22. The number of rotatable bonds is 4. The summed E-state index contributed by atoms with van der Waals surface area (Å²) in [5.74, 6) is -0.333. The summed E-state index contributed by atoms with van der Waals surface area (Å²) in [6, 6.07) is 4.62. The second-order valence-corrected chi connectivity index (χ2v) is 5.96. The van der Waals surface area contributed by atoms with E-state index in [0.717, 1.165) is 12.8 Å². The number of H-pyrrole nitrogens is 1. The van der Waals surface area contributed by atoms with Gasteiger partial charge < -0.3 is 5.73 Å². The molecule has 5 nitrogen and oxygen atoms in total. The lowest BCUT2D eigenvalue weighted by molar-refractivity contribution is 0.585. The molecule has 2 aromatic rings. The molecule has 1 saturated carbocycles. The number of hydrogen-bond donors (Lipinski definition) is 2. The predicted molar refractivity (Wildman–Crippen MR) is 74.2 cm³/mol. The fourth-order valence-electron chi connectivity index (χ4n) is 2.16. The summed E-state index contributed by atoms with van der Waals surface area (Å²) < 4.78 is 15.5. The Morgan fingerprint density at radius 2 is 2.30 bits per heavy atom. The molecule has 106 valence electrons. The molecule has 1 heterocycles. The Morgan fingerprint density at radius 3 is 2.95 bits per heavy atom. The third-order valence-electron chi connectivity index (χ3n) is 3.25. The van der Waals surface area contributed by atoms with Gasteiger partial charge in [0.05, 0.1) is 0 Å². The molecule has 1 aliphatic rings. The Labute approximate surface area is 119 Å². The molecule has 20 heavy (non-hydrogen) atoms. The van der Waals surface area contributed by atoms with Crippen molar-refractivity contribution in [1.82, 2.24) is 14.8 Å². The highest BCUT2D eigenvalue weighted by atomic mass is 32.2. The molecule has 3 rings (SSSR count). The van der Waals surface area contributed by atoms with Crippen LogP contribution < -0.4 is 11.4 Å². The van der Waals surface area contributed by atoms with Crippen molar-refractivity contribution < 1.29 is 4.39 Å². The molecule has 1 unspecified atom stereocenters. The Balaban J connectivity index is 2.00. The van der Waals surface area contributed by atoms with E-state index in [9.17, 15) is 9.18 Å². The van der Waals surface area contributed by atoms with Gasteiger partial charge in [-0.1, -0.05) is 6.07 Å². The number of nitrogens with zero attached hydrogens (tertiary/aromatic N) is 2. The third kappa shape index (κ3) is 2.38. The highest BCUT2D eigenvalue weighted by Crippen LogP contribution is 2.39. The Hall–Kier alpha value is -1.60. The summed E-state index contributed by atoms with van der Waals surface area (Å²) >= 11 is 1.27. The lowest BCUT2D eigenvalue weighted by Crippen LogP contribution is -2.16. The van der Waals surface area contributed by atoms with Gasteiger partial charge in [0.15, 0.2) is 5.16 Å². The molecule has 1 aliphatic carbocycles. The summed E-state index contributed by atoms with van der Waals surface area (Å²) in [6.45, 7) is 1.74. The summed E-state index contributed by atoms with van der Waals surface area (Å²) in [6.07, 6.45) is 1.96. The van der Waals surface area contributed by atoms with E-state index in [1.807, 2.05) is 0 Å². The first-order valence-electron chi connectivity index (χ1n) is 6.46. The maximum atomic E-state index is 13.9. The van der Waals surface area contributed by atoms with Crippen LogP contribution in [0.4, 0.5) is 4.39 Å². The minimum absolute atomic E-state index is 0.214. The zero-order valence-corrected chi connectivity index (χ0v) is 11.8. The van der Waals surface area contributed by atoms with Crippen molar-refractivity contribution in [3.05, 3.63) is 40.1 Å². The topological polar surface area (TPSA) is 76.7 Å². The van der Waals surface area contributed by atoms with Gasteiger partial charge >= 0.3 is 5.69 Å². The monoisotopic (exact) mass is 294 g/mol. The highest BCUT2D eigenvalue weighted by molar-refractivity contribution is 7.99.